The summed E-state index contributed by atoms with van der Waals surface area (Å²) in [6.45, 7) is 4.28. The largest absolute Gasteiger partial charge is 0.858 e. The summed E-state index contributed by atoms with van der Waals surface area (Å²) in [6, 6.07) is 23.2. The van der Waals surface area contributed by atoms with Crippen LogP contribution >= 0.6 is 11.8 Å². The van der Waals surface area contributed by atoms with Gasteiger partial charge in [0.25, 0.3) is 5.69 Å². The minimum atomic E-state index is -0.459. The third-order valence-electron chi connectivity index (χ3n) is 5.42. The van der Waals surface area contributed by atoms with Gasteiger partial charge in [-0.15, -0.1) is 16.8 Å². The zero-order chi connectivity index (χ0) is 24.4. The molecule has 0 unspecified atom stereocenters. The second-order valence-electron chi connectivity index (χ2n) is 7.62. The highest BCUT2D eigenvalue weighted by molar-refractivity contribution is 7.99. The molecule has 0 saturated carbocycles. The molecule has 0 aliphatic heterocycles. The van der Waals surface area contributed by atoms with Crippen LogP contribution in [0.25, 0.3) is 33.4 Å². The van der Waals surface area contributed by atoms with Gasteiger partial charge in [0.2, 0.25) is 0 Å². The molecule has 0 fully saturated rings. The highest BCUT2D eigenvalue weighted by atomic mass is 32.2. The number of aromatic nitrogens is 4. The molecule has 2 heterocycles. The first-order valence-electron chi connectivity index (χ1n) is 10.7. The highest BCUT2D eigenvalue weighted by Gasteiger charge is 2.20. The topological polar surface area (TPSA) is 110 Å². The van der Waals surface area contributed by atoms with E-state index < -0.39 is 10.8 Å². The summed E-state index contributed by atoms with van der Waals surface area (Å²) in [6.07, 6.45) is 1.73. The number of fused-ring (bicyclic) bond motifs is 1. The molecule has 0 bridgehead atoms. The van der Waals surface area contributed by atoms with Gasteiger partial charge in [0.1, 0.15) is 0 Å². The van der Waals surface area contributed by atoms with Crippen molar-refractivity contribution in [1.29, 1.82) is 0 Å². The highest BCUT2D eigenvalue weighted by Crippen LogP contribution is 2.44. The second-order valence-corrected chi connectivity index (χ2v) is 8.60. The van der Waals surface area contributed by atoms with Gasteiger partial charge in [-0.05, 0) is 23.4 Å². The number of nitrogens with zero attached hydrogens (tertiary/aromatic N) is 5. The quantitative estimate of drug-likeness (QED) is 0.172. The monoisotopic (exact) mass is 480 g/mol. The number of benzene rings is 3. The minimum absolute atomic E-state index is 0.0766. The summed E-state index contributed by atoms with van der Waals surface area (Å²) in [7, 11) is 0. The van der Waals surface area contributed by atoms with Gasteiger partial charge >= 0.3 is 0 Å². The third-order valence-corrected chi connectivity index (χ3v) is 6.49. The Bertz CT molecular complexity index is 1550. The molecule has 0 aliphatic carbocycles. The van der Waals surface area contributed by atoms with Crippen molar-refractivity contribution >= 4 is 28.4 Å². The molecule has 0 amide bonds. The van der Waals surface area contributed by atoms with Gasteiger partial charge in [-0.3, -0.25) is 19.7 Å². The van der Waals surface area contributed by atoms with Gasteiger partial charge < -0.3 is 5.11 Å². The maximum Gasteiger partial charge on any atom is 0.270 e. The molecule has 9 heteroatoms. The third kappa shape index (κ3) is 4.24. The predicted molar refractivity (Wildman–Crippen MR) is 133 cm³/mol. The van der Waals surface area contributed by atoms with Gasteiger partial charge in [-0.25, -0.2) is 0 Å². The molecule has 0 N–H and O–H groups in total. The fourth-order valence-electron chi connectivity index (χ4n) is 3.86. The average Bonchev–Trinajstić information content (AvgIpc) is 3.27. The number of allylic oxidation sites excluding steroid dienone is 1. The Morgan fingerprint density at radius 3 is 2.31 bits per heavy atom. The van der Waals surface area contributed by atoms with E-state index in [-0.39, 0.29) is 5.69 Å². The Morgan fingerprint density at radius 1 is 0.971 bits per heavy atom. The van der Waals surface area contributed by atoms with Crippen LogP contribution in [0.15, 0.2) is 102 Å². The lowest BCUT2D eigenvalue weighted by atomic mass is 10.0. The molecule has 5 rings (SSSR count). The van der Waals surface area contributed by atoms with Crippen LogP contribution in [0, 0.1) is 10.1 Å². The van der Waals surface area contributed by atoms with Crippen molar-refractivity contribution in [3.8, 4) is 28.4 Å². The molecule has 8 nitrogen and oxygen atoms in total. The predicted octanol–water partition coefficient (Wildman–Crippen LogP) is 5.48. The Kier molecular flexibility index (Phi) is 5.99. The number of hydrogen-bond acceptors (Lipinski definition) is 7. The number of nitro benzene ring substituents is 1. The van der Waals surface area contributed by atoms with E-state index in [2.05, 4.69) is 21.8 Å². The number of hydrogen-bond donors (Lipinski definition) is 0. The first-order valence-corrected chi connectivity index (χ1v) is 11.5. The van der Waals surface area contributed by atoms with Crippen LogP contribution in [-0.2, 0) is 6.54 Å². The van der Waals surface area contributed by atoms with Crippen molar-refractivity contribution in [3.63, 3.8) is 0 Å². The lowest BCUT2D eigenvalue weighted by molar-refractivity contribution is -0.384. The first-order chi connectivity index (χ1) is 17.1. The average molecular weight is 481 g/mol. The van der Waals surface area contributed by atoms with Crippen molar-refractivity contribution in [3.05, 3.63) is 102 Å². The van der Waals surface area contributed by atoms with Crippen LogP contribution in [0.2, 0.25) is 0 Å². The molecule has 0 saturated heterocycles. The first kappa shape index (κ1) is 22.3. The molecular weight excluding hydrogens is 462 g/mol. The Labute approximate surface area is 204 Å². The Hall–Kier alpha value is -4.50. The van der Waals surface area contributed by atoms with Gasteiger partial charge in [-0.1, -0.05) is 66.7 Å². The van der Waals surface area contributed by atoms with Crippen molar-refractivity contribution < 1.29 is 10.0 Å². The minimum Gasteiger partial charge on any atom is -0.858 e. The zero-order valence-electron chi connectivity index (χ0n) is 18.4. The summed E-state index contributed by atoms with van der Waals surface area (Å²) in [5, 5.41) is 34.5. The summed E-state index contributed by atoms with van der Waals surface area (Å²) in [5.41, 5.74) is 2.52. The van der Waals surface area contributed by atoms with E-state index in [1.165, 1.54) is 18.2 Å². The number of pyridine rings is 1. The molecule has 0 atom stereocenters. The Morgan fingerprint density at radius 2 is 1.66 bits per heavy atom. The smallest absolute Gasteiger partial charge is 0.270 e. The lowest BCUT2D eigenvalue weighted by Gasteiger charge is -2.19. The van der Waals surface area contributed by atoms with Crippen LogP contribution in [0.1, 0.15) is 0 Å². The maximum absolute atomic E-state index is 13.3. The molecule has 0 spiro atoms. The van der Waals surface area contributed by atoms with Crippen LogP contribution in [-0.4, -0.2) is 24.7 Å². The van der Waals surface area contributed by atoms with E-state index in [4.69, 9.17) is 0 Å². The molecule has 2 aromatic heterocycles. The fraction of sp³-hybridized carbons (Fsp3) is 0.0385. The van der Waals surface area contributed by atoms with Crippen LogP contribution < -0.4 is 5.11 Å². The van der Waals surface area contributed by atoms with Gasteiger partial charge in [0.15, 0.2) is 11.0 Å². The van der Waals surface area contributed by atoms with Crippen molar-refractivity contribution in [2.75, 3.05) is 0 Å². The van der Waals surface area contributed by atoms with E-state index in [0.717, 1.165) is 22.9 Å². The zero-order valence-corrected chi connectivity index (χ0v) is 19.2. The van der Waals surface area contributed by atoms with E-state index in [1.54, 1.807) is 6.08 Å². The number of rotatable bonds is 7. The van der Waals surface area contributed by atoms with E-state index >= 15 is 0 Å². The fourth-order valence-corrected chi connectivity index (χ4v) is 4.86. The van der Waals surface area contributed by atoms with Crippen molar-refractivity contribution in [1.82, 2.24) is 19.7 Å². The van der Waals surface area contributed by atoms with Crippen molar-refractivity contribution in [2.24, 2.45) is 0 Å². The summed E-state index contributed by atoms with van der Waals surface area (Å²) in [4.78, 5) is 15.6. The standard InChI is InChI=1S/C26H19N5O3S/c1-2-15-30-24(18-11-7-4-8-12-18)28-29-26(30)35-23-22(17-9-5-3-6-10-17)20-16-19(31(33)34)13-14-21(20)27-25(23)32/h2-14,16H,1,15H2,(H,27,32)/p-1. The summed E-state index contributed by atoms with van der Waals surface area (Å²) >= 11 is 1.14. The second kappa shape index (κ2) is 9.40. The molecule has 3 aromatic carbocycles. The van der Waals surface area contributed by atoms with E-state index in [9.17, 15) is 15.2 Å². The van der Waals surface area contributed by atoms with Crippen LogP contribution in [0.4, 0.5) is 5.69 Å². The molecule has 0 aliphatic rings. The van der Waals surface area contributed by atoms with Gasteiger partial charge in [-0.2, -0.15) is 0 Å². The van der Waals surface area contributed by atoms with Crippen LogP contribution in [0.3, 0.4) is 0 Å². The number of nitro groups is 1. The maximum atomic E-state index is 13.3. The SMILES string of the molecule is C=CCn1c(Sc2c([O-])nc3ccc([N+](=O)[O-])cc3c2-c2ccccc2)nnc1-c1ccccc1. The molecular formula is C26H18N5O3S-. The molecule has 0 radical (unpaired) electrons. The lowest BCUT2D eigenvalue weighted by Crippen LogP contribution is -2.03. The summed E-state index contributed by atoms with van der Waals surface area (Å²) < 4.78 is 1.87. The number of non-ortho nitro benzene ring substituents is 1. The van der Waals surface area contributed by atoms with Gasteiger partial charge in [0, 0.05) is 46.0 Å². The normalized spacial score (nSPS) is 11.0. The summed E-state index contributed by atoms with van der Waals surface area (Å²) in [5.74, 6) is 0.204. The molecule has 172 valence electrons. The molecule has 35 heavy (non-hydrogen) atoms. The van der Waals surface area contributed by atoms with E-state index in [1.807, 2.05) is 65.2 Å². The van der Waals surface area contributed by atoms with E-state index in [0.29, 0.717) is 38.9 Å². The van der Waals surface area contributed by atoms with Crippen molar-refractivity contribution in [2.45, 2.75) is 16.6 Å². The Balaban J connectivity index is 1.73. The molecule has 5 aromatic rings. The van der Waals surface area contributed by atoms with Crippen LogP contribution in [0.5, 0.6) is 5.88 Å². The van der Waals surface area contributed by atoms with Gasteiger partial charge in [0.05, 0.1) is 10.4 Å².